The molecule has 0 saturated heterocycles. The minimum Gasteiger partial charge on any atom is -0.370 e. The summed E-state index contributed by atoms with van der Waals surface area (Å²) in [4.78, 5) is 37.6. The molecule has 1 heterocycles. The van der Waals surface area contributed by atoms with Crippen molar-refractivity contribution in [3.8, 4) is 0 Å². The van der Waals surface area contributed by atoms with Gasteiger partial charge in [-0.2, -0.15) is 0 Å². The first kappa shape index (κ1) is 17.8. The molecule has 2 atom stereocenters. The van der Waals surface area contributed by atoms with Crippen LogP contribution in [0, 0.1) is 5.92 Å². The second kappa shape index (κ2) is 7.81. The van der Waals surface area contributed by atoms with E-state index in [0.717, 1.165) is 17.7 Å². The normalized spacial score (nSPS) is 18.2. The molecule has 0 spiro atoms. The highest BCUT2D eigenvalue weighted by Crippen LogP contribution is 2.27. The zero-order valence-corrected chi connectivity index (χ0v) is 14.0. The number of primary amides is 1. The number of fused-ring (bicyclic) bond motifs is 1. The number of nitrogens with one attached hydrogen (secondary N) is 2. The van der Waals surface area contributed by atoms with Crippen molar-refractivity contribution in [3.63, 3.8) is 0 Å². The van der Waals surface area contributed by atoms with E-state index in [-0.39, 0.29) is 30.8 Å². The Morgan fingerprint density at radius 2 is 2.12 bits per heavy atom. The lowest BCUT2D eigenvalue weighted by Crippen LogP contribution is -2.52. The lowest BCUT2D eigenvalue weighted by molar-refractivity contribution is -0.122. The number of amides is 4. The number of benzene rings is 1. The molecule has 4 amide bonds. The number of nitrogens with zero attached hydrogens (tertiary/aromatic N) is 1. The lowest BCUT2D eigenvalue weighted by atomic mass is 9.97. The fourth-order valence-electron chi connectivity index (χ4n) is 2.79. The van der Waals surface area contributed by atoms with E-state index in [0.29, 0.717) is 6.54 Å². The van der Waals surface area contributed by atoms with E-state index in [1.165, 1.54) is 4.90 Å². The first-order chi connectivity index (χ1) is 11.4. The minimum atomic E-state index is -0.573. The van der Waals surface area contributed by atoms with Gasteiger partial charge in [-0.15, -0.1) is 0 Å². The molecule has 130 valence electrons. The molecule has 1 aliphatic heterocycles. The maximum absolute atomic E-state index is 12.7. The van der Waals surface area contributed by atoms with E-state index >= 15 is 0 Å². The summed E-state index contributed by atoms with van der Waals surface area (Å²) >= 11 is 0. The van der Waals surface area contributed by atoms with Crippen LogP contribution in [0.15, 0.2) is 24.3 Å². The van der Waals surface area contributed by atoms with E-state index in [1.807, 2.05) is 38.1 Å². The number of carbonyl (C=O) groups is 3. The molecule has 2 unspecified atom stereocenters. The monoisotopic (exact) mass is 332 g/mol. The second-order valence-electron chi connectivity index (χ2n) is 6.05. The van der Waals surface area contributed by atoms with E-state index in [4.69, 9.17) is 5.73 Å². The Balaban J connectivity index is 2.26. The second-order valence-corrected chi connectivity index (χ2v) is 6.05. The number of rotatable bonds is 5. The van der Waals surface area contributed by atoms with Gasteiger partial charge < -0.3 is 21.3 Å². The molecule has 0 radical (unpaired) electrons. The van der Waals surface area contributed by atoms with Crippen LogP contribution in [-0.2, 0) is 16.1 Å². The largest absolute Gasteiger partial charge is 0.370 e. The fourth-order valence-corrected chi connectivity index (χ4v) is 2.79. The van der Waals surface area contributed by atoms with E-state index < -0.39 is 11.9 Å². The van der Waals surface area contributed by atoms with Crippen molar-refractivity contribution in [1.29, 1.82) is 0 Å². The third kappa shape index (κ3) is 4.04. The fraction of sp³-hybridized carbons (Fsp3) is 0.471. The molecular weight excluding hydrogens is 308 g/mol. The number of hydrogen-bond donors (Lipinski definition) is 3. The minimum absolute atomic E-state index is 0.00111. The molecule has 4 N–H and O–H groups in total. The number of nitrogens with two attached hydrogens (primary N) is 1. The summed E-state index contributed by atoms with van der Waals surface area (Å²) in [5.41, 5.74) is 6.70. The molecule has 1 aromatic rings. The van der Waals surface area contributed by atoms with Crippen LogP contribution in [0.3, 0.4) is 0 Å². The molecular formula is C17H24N4O3. The molecule has 0 bridgehead atoms. The number of urea groups is 1. The number of carbonyl (C=O) groups excluding carboxylic acids is 3. The summed E-state index contributed by atoms with van der Waals surface area (Å²) in [6, 6.07) is 6.50. The summed E-state index contributed by atoms with van der Waals surface area (Å²) in [5.74, 6) is -0.673. The van der Waals surface area contributed by atoms with Crippen LogP contribution in [0.5, 0.6) is 0 Å². The zero-order valence-electron chi connectivity index (χ0n) is 14.0. The molecule has 7 heteroatoms. The van der Waals surface area contributed by atoms with Crippen LogP contribution < -0.4 is 16.4 Å². The summed E-state index contributed by atoms with van der Waals surface area (Å²) in [7, 11) is 0. The molecule has 1 aromatic carbocycles. The Hall–Kier alpha value is -2.57. The van der Waals surface area contributed by atoms with Gasteiger partial charge in [-0.25, -0.2) is 4.79 Å². The van der Waals surface area contributed by atoms with E-state index in [1.54, 1.807) is 0 Å². The highest BCUT2D eigenvalue weighted by molar-refractivity contribution is 5.98. The summed E-state index contributed by atoms with van der Waals surface area (Å²) in [6.07, 6.45) is 0.829. The van der Waals surface area contributed by atoms with Crippen molar-refractivity contribution < 1.29 is 14.4 Å². The SMILES string of the molecule is CCC(C)C1C(=O)Nc2ccccc2CN1C(=O)NCCC(N)=O. The van der Waals surface area contributed by atoms with Gasteiger partial charge in [0.25, 0.3) is 0 Å². The highest BCUT2D eigenvalue weighted by Gasteiger charge is 2.36. The zero-order chi connectivity index (χ0) is 17.7. The Morgan fingerprint density at radius 1 is 1.42 bits per heavy atom. The maximum atomic E-state index is 12.7. The predicted octanol–water partition coefficient (Wildman–Crippen LogP) is 1.44. The molecule has 0 aliphatic carbocycles. The first-order valence-corrected chi connectivity index (χ1v) is 8.15. The van der Waals surface area contributed by atoms with Crippen molar-refractivity contribution in [1.82, 2.24) is 10.2 Å². The standard InChI is InChI=1S/C17H24N4O3/c1-3-11(2)15-16(23)20-13-7-5-4-6-12(13)10-21(15)17(24)19-9-8-14(18)22/h4-7,11,15H,3,8-10H2,1-2H3,(H2,18,22)(H,19,24)(H,20,23). The van der Waals surface area contributed by atoms with Gasteiger partial charge in [-0.1, -0.05) is 38.5 Å². The van der Waals surface area contributed by atoms with Gasteiger partial charge in [0.15, 0.2) is 0 Å². The lowest BCUT2D eigenvalue weighted by Gasteiger charge is -2.32. The molecule has 2 rings (SSSR count). The molecule has 24 heavy (non-hydrogen) atoms. The third-order valence-electron chi connectivity index (χ3n) is 4.31. The van der Waals surface area contributed by atoms with Crippen molar-refractivity contribution in [2.75, 3.05) is 11.9 Å². The van der Waals surface area contributed by atoms with Crippen LogP contribution in [0.25, 0.3) is 0 Å². The predicted molar refractivity (Wildman–Crippen MR) is 91.1 cm³/mol. The quantitative estimate of drug-likeness (QED) is 0.760. The van der Waals surface area contributed by atoms with Crippen molar-refractivity contribution in [2.45, 2.75) is 39.3 Å². The van der Waals surface area contributed by atoms with Crippen LogP contribution >= 0.6 is 0 Å². The van der Waals surface area contributed by atoms with Gasteiger partial charge in [0.05, 0.1) is 6.54 Å². The van der Waals surface area contributed by atoms with Crippen LogP contribution in [0.2, 0.25) is 0 Å². The summed E-state index contributed by atoms with van der Waals surface area (Å²) in [6.45, 7) is 4.41. The van der Waals surface area contributed by atoms with Gasteiger partial charge >= 0.3 is 6.03 Å². The average molecular weight is 332 g/mol. The number of para-hydroxylation sites is 1. The van der Waals surface area contributed by atoms with E-state index in [2.05, 4.69) is 10.6 Å². The molecule has 0 saturated carbocycles. The van der Waals surface area contributed by atoms with Crippen molar-refractivity contribution in [2.24, 2.45) is 11.7 Å². The third-order valence-corrected chi connectivity index (χ3v) is 4.31. The molecule has 1 aliphatic rings. The van der Waals surface area contributed by atoms with Crippen LogP contribution in [-0.4, -0.2) is 35.3 Å². The van der Waals surface area contributed by atoms with Crippen LogP contribution in [0.1, 0.15) is 32.3 Å². The number of anilines is 1. The van der Waals surface area contributed by atoms with Gasteiger partial charge in [-0.05, 0) is 17.5 Å². The highest BCUT2D eigenvalue weighted by atomic mass is 16.2. The Morgan fingerprint density at radius 3 is 2.79 bits per heavy atom. The van der Waals surface area contributed by atoms with Crippen LogP contribution in [0.4, 0.5) is 10.5 Å². The van der Waals surface area contributed by atoms with E-state index in [9.17, 15) is 14.4 Å². The van der Waals surface area contributed by atoms with Gasteiger partial charge in [-0.3, -0.25) is 9.59 Å². The van der Waals surface area contributed by atoms with Gasteiger partial charge in [0.1, 0.15) is 6.04 Å². The van der Waals surface area contributed by atoms with Crippen molar-refractivity contribution in [3.05, 3.63) is 29.8 Å². The topological polar surface area (TPSA) is 105 Å². The Bertz CT molecular complexity index is 632. The molecule has 0 fully saturated rings. The number of hydrogen-bond acceptors (Lipinski definition) is 3. The van der Waals surface area contributed by atoms with Gasteiger partial charge in [0, 0.05) is 18.7 Å². The molecule has 0 aromatic heterocycles. The van der Waals surface area contributed by atoms with Gasteiger partial charge in [0.2, 0.25) is 11.8 Å². The smallest absolute Gasteiger partial charge is 0.318 e. The first-order valence-electron chi connectivity index (χ1n) is 8.15. The summed E-state index contributed by atoms with van der Waals surface area (Å²) in [5, 5.41) is 5.59. The Labute approximate surface area is 141 Å². The Kier molecular flexibility index (Phi) is 5.78. The average Bonchev–Trinajstić information content (AvgIpc) is 2.69. The van der Waals surface area contributed by atoms with Crippen molar-refractivity contribution >= 4 is 23.5 Å². The summed E-state index contributed by atoms with van der Waals surface area (Å²) < 4.78 is 0. The maximum Gasteiger partial charge on any atom is 0.318 e. The molecule has 7 nitrogen and oxygen atoms in total.